The summed E-state index contributed by atoms with van der Waals surface area (Å²) in [6, 6.07) is 15.7. The number of H-pyrrole nitrogens is 2. The van der Waals surface area contributed by atoms with Gasteiger partial charge < -0.3 is 14.1 Å². The molecule has 23 heavy (non-hydrogen) atoms. The number of benzene rings is 2. The van der Waals surface area contributed by atoms with E-state index in [4.69, 9.17) is 9.15 Å². The summed E-state index contributed by atoms with van der Waals surface area (Å²) in [6.07, 6.45) is 1.75. The van der Waals surface area contributed by atoms with Gasteiger partial charge in [-0.05, 0) is 11.6 Å². The lowest BCUT2D eigenvalue weighted by molar-refractivity contribution is 0.309. The fraction of sp³-hybridized carbons (Fsp3) is 0.0588. The van der Waals surface area contributed by atoms with Crippen LogP contribution in [0.15, 0.2) is 63.9 Å². The summed E-state index contributed by atoms with van der Waals surface area (Å²) in [5.41, 5.74) is 2.64. The van der Waals surface area contributed by atoms with Crippen LogP contribution in [0.25, 0.3) is 22.4 Å². The van der Waals surface area contributed by atoms with Crippen molar-refractivity contribution in [2.45, 2.75) is 6.61 Å². The summed E-state index contributed by atoms with van der Waals surface area (Å²) in [5.74, 6) is 0.405. The standard InChI is InChI=1S/C17H13N3O3/c21-17-20-19-16(23-17)13-9-18-15-12(13)7-4-8-14(15)22-10-11-5-2-1-3-6-11/h1-9,18H,10H2,(H,20,21). The monoisotopic (exact) mass is 307 g/mol. The topological polar surface area (TPSA) is 83.9 Å². The Kier molecular flexibility index (Phi) is 3.20. The number of nitrogens with zero attached hydrogens (tertiary/aromatic N) is 1. The summed E-state index contributed by atoms with van der Waals surface area (Å²) >= 11 is 0. The Morgan fingerprint density at radius 2 is 1.96 bits per heavy atom. The number of hydrogen-bond acceptors (Lipinski definition) is 4. The lowest BCUT2D eigenvalue weighted by Crippen LogP contribution is -1.95. The summed E-state index contributed by atoms with van der Waals surface area (Å²) in [7, 11) is 0. The Morgan fingerprint density at radius 3 is 2.74 bits per heavy atom. The van der Waals surface area contributed by atoms with Crippen LogP contribution in [-0.2, 0) is 6.61 Å². The van der Waals surface area contributed by atoms with Gasteiger partial charge in [-0.2, -0.15) is 0 Å². The van der Waals surface area contributed by atoms with E-state index in [1.165, 1.54) is 0 Å². The smallest absolute Gasteiger partial charge is 0.434 e. The van der Waals surface area contributed by atoms with Crippen molar-refractivity contribution in [3.8, 4) is 17.2 Å². The molecule has 4 rings (SSSR count). The van der Waals surface area contributed by atoms with Crippen molar-refractivity contribution in [1.82, 2.24) is 15.2 Å². The van der Waals surface area contributed by atoms with Crippen LogP contribution in [0.5, 0.6) is 5.75 Å². The van der Waals surface area contributed by atoms with E-state index in [9.17, 15) is 4.79 Å². The molecule has 0 aliphatic rings. The van der Waals surface area contributed by atoms with Crippen LogP contribution < -0.4 is 10.5 Å². The van der Waals surface area contributed by atoms with Crippen LogP contribution in [0.1, 0.15) is 5.56 Å². The third-order valence-electron chi connectivity index (χ3n) is 3.58. The maximum atomic E-state index is 11.1. The van der Waals surface area contributed by atoms with Crippen molar-refractivity contribution in [2.24, 2.45) is 0 Å². The lowest BCUT2D eigenvalue weighted by atomic mass is 10.1. The molecule has 0 fully saturated rings. The quantitative estimate of drug-likeness (QED) is 0.607. The molecule has 0 saturated carbocycles. The molecule has 114 valence electrons. The molecular weight excluding hydrogens is 294 g/mol. The maximum absolute atomic E-state index is 11.1. The highest BCUT2D eigenvalue weighted by molar-refractivity contribution is 5.96. The maximum Gasteiger partial charge on any atom is 0.434 e. The first-order valence-corrected chi connectivity index (χ1v) is 7.14. The zero-order valence-electron chi connectivity index (χ0n) is 12.1. The van der Waals surface area contributed by atoms with E-state index in [2.05, 4.69) is 15.2 Å². The minimum atomic E-state index is -0.578. The molecule has 6 heteroatoms. The first kappa shape index (κ1) is 13.4. The average Bonchev–Trinajstić information content (AvgIpc) is 3.20. The van der Waals surface area contributed by atoms with Gasteiger partial charge in [0.1, 0.15) is 12.4 Å². The number of aromatic nitrogens is 3. The Morgan fingerprint density at radius 1 is 1.09 bits per heavy atom. The second kappa shape index (κ2) is 5.49. The second-order valence-electron chi connectivity index (χ2n) is 5.07. The molecule has 0 atom stereocenters. The normalized spacial score (nSPS) is 11.0. The van der Waals surface area contributed by atoms with Gasteiger partial charge in [-0.1, -0.05) is 42.5 Å². The number of para-hydroxylation sites is 1. The van der Waals surface area contributed by atoms with Gasteiger partial charge in [0.05, 0.1) is 11.1 Å². The number of fused-ring (bicyclic) bond motifs is 1. The predicted octanol–water partition coefficient (Wildman–Crippen LogP) is 3.09. The number of aromatic amines is 2. The number of rotatable bonds is 4. The van der Waals surface area contributed by atoms with Crippen molar-refractivity contribution < 1.29 is 9.15 Å². The summed E-state index contributed by atoms with van der Waals surface area (Å²) in [6.45, 7) is 0.478. The van der Waals surface area contributed by atoms with Gasteiger partial charge in [0.15, 0.2) is 0 Å². The van der Waals surface area contributed by atoms with Crippen molar-refractivity contribution in [3.63, 3.8) is 0 Å². The highest BCUT2D eigenvalue weighted by Gasteiger charge is 2.14. The second-order valence-corrected chi connectivity index (χ2v) is 5.07. The van der Waals surface area contributed by atoms with Gasteiger partial charge in [0, 0.05) is 11.6 Å². The third kappa shape index (κ3) is 2.50. The van der Waals surface area contributed by atoms with Crippen LogP contribution in [0.2, 0.25) is 0 Å². The van der Waals surface area contributed by atoms with E-state index in [0.29, 0.717) is 12.2 Å². The van der Waals surface area contributed by atoms with Gasteiger partial charge in [0.2, 0.25) is 0 Å². The van der Waals surface area contributed by atoms with Crippen LogP contribution in [0, 0.1) is 0 Å². The molecule has 0 aliphatic heterocycles. The van der Waals surface area contributed by atoms with Crippen molar-refractivity contribution in [3.05, 3.63) is 70.8 Å². The summed E-state index contributed by atoms with van der Waals surface area (Å²) in [5, 5.41) is 7.01. The van der Waals surface area contributed by atoms with Crippen LogP contribution >= 0.6 is 0 Å². The van der Waals surface area contributed by atoms with E-state index >= 15 is 0 Å². The van der Waals surface area contributed by atoms with Crippen LogP contribution in [-0.4, -0.2) is 15.2 Å². The molecule has 0 spiro atoms. The molecule has 0 unspecified atom stereocenters. The molecule has 2 N–H and O–H groups in total. The van der Waals surface area contributed by atoms with E-state index in [0.717, 1.165) is 22.2 Å². The largest absolute Gasteiger partial charge is 0.487 e. The fourth-order valence-corrected chi connectivity index (χ4v) is 2.50. The highest BCUT2D eigenvalue weighted by Crippen LogP contribution is 2.32. The molecule has 0 aliphatic carbocycles. The molecule has 0 radical (unpaired) electrons. The van der Waals surface area contributed by atoms with E-state index < -0.39 is 5.76 Å². The zero-order chi connectivity index (χ0) is 15.6. The molecule has 0 saturated heterocycles. The first-order valence-electron chi connectivity index (χ1n) is 7.14. The Labute approximate surface area is 130 Å². The molecule has 6 nitrogen and oxygen atoms in total. The molecule has 0 amide bonds. The summed E-state index contributed by atoms with van der Waals surface area (Å²) in [4.78, 5) is 14.3. The van der Waals surface area contributed by atoms with Gasteiger partial charge in [-0.25, -0.2) is 9.89 Å². The van der Waals surface area contributed by atoms with Crippen LogP contribution in [0.3, 0.4) is 0 Å². The van der Waals surface area contributed by atoms with Crippen LogP contribution in [0.4, 0.5) is 0 Å². The molecule has 2 aromatic carbocycles. The Balaban J connectivity index is 1.69. The van der Waals surface area contributed by atoms with Crippen molar-refractivity contribution in [1.29, 1.82) is 0 Å². The molecule has 2 heterocycles. The van der Waals surface area contributed by atoms with E-state index in [-0.39, 0.29) is 5.89 Å². The van der Waals surface area contributed by atoms with Crippen molar-refractivity contribution >= 4 is 10.9 Å². The average molecular weight is 307 g/mol. The van der Waals surface area contributed by atoms with E-state index in [1.807, 2.05) is 48.5 Å². The molecule has 0 bridgehead atoms. The zero-order valence-corrected chi connectivity index (χ0v) is 12.1. The highest BCUT2D eigenvalue weighted by atomic mass is 16.5. The van der Waals surface area contributed by atoms with Crippen molar-refractivity contribution in [2.75, 3.05) is 0 Å². The molecule has 4 aromatic rings. The first-order chi connectivity index (χ1) is 11.3. The predicted molar refractivity (Wildman–Crippen MR) is 85.2 cm³/mol. The van der Waals surface area contributed by atoms with Gasteiger partial charge in [-0.15, -0.1) is 5.10 Å². The minimum absolute atomic E-state index is 0.251. The Hall–Kier alpha value is -3.28. The van der Waals surface area contributed by atoms with E-state index in [1.54, 1.807) is 6.20 Å². The number of ether oxygens (including phenoxy) is 1. The molecular formula is C17H13N3O3. The minimum Gasteiger partial charge on any atom is -0.487 e. The van der Waals surface area contributed by atoms with Gasteiger partial charge in [0.25, 0.3) is 5.89 Å². The Bertz CT molecular complexity index is 999. The number of hydrogen-bond donors (Lipinski definition) is 2. The molecule has 2 aromatic heterocycles. The third-order valence-corrected chi connectivity index (χ3v) is 3.58. The fourth-order valence-electron chi connectivity index (χ4n) is 2.50. The summed E-state index contributed by atoms with van der Waals surface area (Å²) < 4.78 is 10.9. The number of nitrogens with one attached hydrogen (secondary N) is 2. The SMILES string of the molecule is O=c1[nH]nc(-c2c[nH]c3c(OCc4ccccc4)cccc23)o1. The van der Waals surface area contributed by atoms with Gasteiger partial charge in [-0.3, -0.25) is 0 Å². The van der Waals surface area contributed by atoms with Gasteiger partial charge >= 0.3 is 5.76 Å². The lowest BCUT2D eigenvalue weighted by Gasteiger charge is -2.07.